The summed E-state index contributed by atoms with van der Waals surface area (Å²) < 4.78 is 17.4. The van der Waals surface area contributed by atoms with Crippen LogP contribution in [0.3, 0.4) is 0 Å². The highest BCUT2D eigenvalue weighted by atomic mass is 127. The molecule has 3 rings (SSSR count). The molecule has 0 saturated heterocycles. The molecule has 0 N–H and O–H groups in total. The van der Waals surface area contributed by atoms with Gasteiger partial charge in [0, 0.05) is 5.56 Å². The molecule has 0 amide bonds. The summed E-state index contributed by atoms with van der Waals surface area (Å²) in [4.78, 5) is 0. The Morgan fingerprint density at radius 3 is 2.14 bits per heavy atom. The standard InChI is InChI=1S/C17H14INO3/c1-20-12-9-6-10-13(21-2)14(12)16-15(18)17(22-19-16)11-7-4-3-5-8-11/h3-10H,1-2H3. The van der Waals surface area contributed by atoms with E-state index in [4.69, 9.17) is 14.0 Å². The second-order valence-corrected chi connectivity index (χ2v) is 5.66. The second-order valence-electron chi connectivity index (χ2n) is 4.58. The highest BCUT2D eigenvalue weighted by molar-refractivity contribution is 14.1. The lowest BCUT2D eigenvalue weighted by Gasteiger charge is -2.10. The fourth-order valence-corrected chi connectivity index (χ4v) is 3.07. The van der Waals surface area contributed by atoms with Crippen LogP contribution >= 0.6 is 22.6 Å². The first kappa shape index (κ1) is 14.9. The fourth-order valence-electron chi connectivity index (χ4n) is 2.29. The number of ether oxygens (including phenoxy) is 2. The Kier molecular flexibility index (Phi) is 4.33. The van der Waals surface area contributed by atoms with Crippen LogP contribution in [0.4, 0.5) is 0 Å². The molecular formula is C17H14INO3. The highest BCUT2D eigenvalue weighted by Crippen LogP contribution is 2.42. The Labute approximate surface area is 142 Å². The summed E-state index contributed by atoms with van der Waals surface area (Å²) in [5.74, 6) is 2.14. The van der Waals surface area contributed by atoms with Crippen LogP contribution in [0.15, 0.2) is 53.1 Å². The van der Waals surface area contributed by atoms with Crippen molar-refractivity contribution in [3.8, 4) is 34.1 Å². The lowest BCUT2D eigenvalue weighted by Crippen LogP contribution is -1.94. The molecule has 1 heterocycles. The number of methoxy groups -OCH3 is 2. The van der Waals surface area contributed by atoms with Crippen LogP contribution in [-0.2, 0) is 0 Å². The number of halogens is 1. The SMILES string of the molecule is COc1cccc(OC)c1-c1noc(-c2ccccc2)c1I. The van der Waals surface area contributed by atoms with E-state index in [9.17, 15) is 0 Å². The number of benzene rings is 2. The molecule has 0 aliphatic rings. The van der Waals surface area contributed by atoms with Gasteiger partial charge in [0.25, 0.3) is 0 Å². The summed E-state index contributed by atoms with van der Waals surface area (Å²) >= 11 is 2.24. The number of nitrogens with zero attached hydrogens (tertiary/aromatic N) is 1. The Hall–Kier alpha value is -2.02. The van der Waals surface area contributed by atoms with Gasteiger partial charge in [0.1, 0.15) is 17.2 Å². The van der Waals surface area contributed by atoms with Gasteiger partial charge in [0.15, 0.2) is 5.76 Å². The zero-order valence-electron chi connectivity index (χ0n) is 12.2. The number of rotatable bonds is 4. The smallest absolute Gasteiger partial charge is 0.180 e. The summed E-state index contributed by atoms with van der Waals surface area (Å²) in [5, 5.41) is 4.24. The molecule has 112 valence electrons. The van der Waals surface area contributed by atoms with Crippen LogP contribution in [0.25, 0.3) is 22.6 Å². The summed E-state index contributed by atoms with van der Waals surface area (Å²) in [5.41, 5.74) is 2.50. The highest BCUT2D eigenvalue weighted by Gasteiger charge is 2.22. The van der Waals surface area contributed by atoms with Gasteiger partial charge in [-0.15, -0.1) is 0 Å². The molecule has 1 aromatic heterocycles. The quantitative estimate of drug-likeness (QED) is 0.592. The first-order valence-electron chi connectivity index (χ1n) is 6.68. The minimum atomic E-state index is 0.699. The van der Waals surface area contributed by atoms with Crippen LogP contribution in [0.5, 0.6) is 11.5 Å². The van der Waals surface area contributed by atoms with Gasteiger partial charge in [-0.1, -0.05) is 41.6 Å². The number of aromatic nitrogens is 1. The van der Waals surface area contributed by atoms with Crippen molar-refractivity contribution in [3.05, 3.63) is 52.1 Å². The molecule has 0 spiro atoms. The average Bonchev–Trinajstić information content (AvgIpc) is 2.96. The second kappa shape index (κ2) is 6.39. The van der Waals surface area contributed by atoms with Crippen molar-refractivity contribution < 1.29 is 14.0 Å². The molecule has 0 aliphatic carbocycles. The Morgan fingerprint density at radius 1 is 0.909 bits per heavy atom. The van der Waals surface area contributed by atoms with E-state index in [0.717, 1.165) is 20.5 Å². The van der Waals surface area contributed by atoms with Crippen molar-refractivity contribution >= 4 is 22.6 Å². The molecular weight excluding hydrogens is 393 g/mol. The Balaban J connectivity index is 2.17. The first-order valence-corrected chi connectivity index (χ1v) is 7.76. The average molecular weight is 407 g/mol. The van der Waals surface area contributed by atoms with E-state index in [2.05, 4.69) is 27.7 Å². The molecule has 0 unspecified atom stereocenters. The Bertz CT molecular complexity index is 762. The van der Waals surface area contributed by atoms with E-state index in [-0.39, 0.29) is 0 Å². The zero-order chi connectivity index (χ0) is 15.5. The topological polar surface area (TPSA) is 44.5 Å². The van der Waals surface area contributed by atoms with Crippen LogP contribution in [0.1, 0.15) is 0 Å². The van der Waals surface area contributed by atoms with Gasteiger partial charge >= 0.3 is 0 Å². The molecule has 0 saturated carbocycles. The molecule has 0 aliphatic heterocycles. The van der Waals surface area contributed by atoms with Gasteiger partial charge in [-0.25, -0.2) is 0 Å². The van der Waals surface area contributed by atoms with Crippen molar-refractivity contribution in [2.45, 2.75) is 0 Å². The van der Waals surface area contributed by atoms with Crippen LogP contribution in [0.2, 0.25) is 0 Å². The molecule has 2 aromatic carbocycles. The largest absolute Gasteiger partial charge is 0.496 e. The van der Waals surface area contributed by atoms with Gasteiger partial charge in [0.2, 0.25) is 0 Å². The first-order chi connectivity index (χ1) is 10.8. The summed E-state index contributed by atoms with van der Waals surface area (Å²) in [7, 11) is 3.26. The normalized spacial score (nSPS) is 10.5. The minimum Gasteiger partial charge on any atom is -0.496 e. The van der Waals surface area contributed by atoms with E-state index in [1.165, 1.54) is 0 Å². The van der Waals surface area contributed by atoms with Crippen molar-refractivity contribution in [2.24, 2.45) is 0 Å². The van der Waals surface area contributed by atoms with Crippen molar-refractivity contribution in [3.63, 3.8) is 0 Å². The van der Waals surface area contributed by atoms with Gasteiger partial charge in [-0.3, -0.25) is 0 Å². The predicted octanol–water partition coefficient (Wildman–Crippen LogP) is 4.63. The maximum absolute atomic E-state index is 5.57. The maximum Gasteiger partial charge on any atom is 0.180 e. The van der Waals surface area contributed by atoms with E-state index in [1.807, 2.05) is 48.5 Å². The minimum absolute atomic E-state index is 0.699. The molecule has 0 radical (unpaired) electrons. The number of hydrogen-bond acceptors (Lipinski definition) is 4. The molecule has 0 bridgehead atoms. The van der Waals surface area contributed by atoms with Crippen LogP contribution in [0, 0.1) is 3.57 Å². The van der Waals surface area contributed by atoms with Crippen molar-refractivity contribution in [2.75, 3.05) is 14.2 Å². The summed E-state index contributed by atoms with van der Waals surface area (Å²) in [6, 6.07) is 15.5. The third kappa shape index (κ3) is 2.56. The van der Waals surface area contributed by atoms with E-state index >= 15 is 0 Å². The van der Waals surface area contributed by atoms with Gasteiger partial charge in [-0.05, 0) is 34.7 Å². The lowest BCUT2D eigenvalue weighted by atomic mass is 10.1. The zero-order valence-corrected chi connectivity index (χ0v) is 14.3. The van der Waals surface area contributed by atoms with Gasteiger partial charge in [0.05, 0.1) is 23.4 Å². The van der Waals surface area contributed by atoms with Crippen LogP contribution < -0.4 is 9.47 Å². The van der Waals surface area contributed by atoms with E-state index in [0.29, 0.717) is 17.2 Å². The van der Waals surface area contributed by atoms with E-state index < -0.39 is 0 Å². The lowest BCUT2D eigenvalue weighted by molar-refractivity contribution is 0.394. The monoisotopic (exact) mass is 407 g/mol. The third-order valence-corrected chi connectivity index (χ3v) is 4.34. The Morgan fingerprint density at radius 2 is 1.55 bits per heavy atom. The maximum atomic E-state index is 5.57. The van der Waals surface area contributed by atoms with E-state index in [1.54, 1.807) is 14.2 Å². The van der Waals surface area contributed by atoms with Crippen molar-refractivity contribution in [1.29, 1.82) is 0 Å². The predicted molar refractivity (Wildman–Crippen MR) is 93.2 cm³/mol. The van der Waals surface area contributed by atoms with Crippen LogP contribution in [-0.4, -0.2) is 19.4 Å². The number of hydrogen-bond donors (Lipinski definition) is 0. The molecule has 0 fully saturated rings. The van der Waals surface area contributed by atoms with Gasteiger partial charge in [-0.2, -0.15) is 0 Å². The molecule has 5 heteroatoms. The summed E-state index contributed by atoms with van der Waals surface area (Å²) in [6.45, 7) is 0. The van der Waals surface area contributed by atoms with Gasteiger partial charge < -0.3 is 14.0 Å². The molecule has 3 aromatic rings. The molecule has 22 heavy (non-hydrogen) atoms. The third-order valence-electron chi connectivity index (χ3n) is 3.34. The molecule has 0 atom stereocenters. The summed E-state index contributed by atoms with van der Waals surface area (Å²) in [6.07, 6.45) is 0. The van der Waals surface area contributed by atoms with Crippen molar-refractivity contribution in [1.82, 2.24) is 5.16 Å². The fraction of sp³-hybridized carbons (Fsp3) is 0.118. The molecule has 4 nitrogen and oxygen atoms in total.